The van der Waals surface area contributed by atoms with Gasteiger partial charge in [-0.05, 0) is 38.9 Å². The predicted molar refractivity (Wildman–Crippen MR) is 84.5 cm³/mol. The second-order valence-electron chi connectivity index (χ2n) is 5.45. The maximum absolute atomic E-state index is 6.26. The molecule has 1 N–H and O–H groups in total. The molecule has 3 nitrogen and oxygen atoms in total. The minimum Gasteiger partial charge on any atom is -0.381 e. The second kappa shape index (κ2) is 7.55. The molecule has 0 aliphatic carbocycles. The normalized spacial score (nSPS) is 19.9. The molecule has 1 aromatic heterocycles. The zero-order chi connectivity index (χ0) is 14.4. The van der Waals surface area contributed by atoms with Crippen LogP contribution in [-0.4, -0.2) is 32.0 Å². The molecule has 0 saturated carbocycles. The molecule has 4 heteroatoms. The summed E-state index contributed by atoms with van der Waals surface area (Å²) in [5.74, 6) is 0. The van der Waals surface area contributed by atoms with Gasteiger partial charge in [0.1, 0.15) is 0 Å². The molecule has 0 aromatic carbocycles. The van der Waals surface area contributed by atoms with Gasteiger partial charge in [0.15, 0.2) is 0 Å². The van der Waals surface area contributed by atoms with Crippen LogP contribution >= 0.6 is 11.3 Å². The highest BCUT2D eigenvalue weighted by Gasteiger charge is 2.42. The van der Waals surface area contributed by atoms with Crippen molar-refractivity contribution in [3.8, 4) is 0 Å². The number of hydrogen-bond acceptors (Lipinski definition) is 4. The van der Waals surface area contributed by atoms with Crippen molar-refractivity contribution in [1.82, 2.24) is 5.32 Å². The smallest absolute Gasteiger partial charge is 0.0927 e. The molecule has 1 saturated heterocycles. The highest BCUT2D eigenvalue weighted by atomic mass is 32.1. The molecule has 0 spiro atoms. The quantitative estimate of drug-likeness (QED) is 0.832. The summed E-state index contributed by atoms with van der Waals surface area (Å²) in [5.41, 5.74) is -0.112. The van der Waals surface area contributed by atoms with E-state index in [0.717, 1.165) is 45.6 Å². The summed E-state index contributed by atoms with van der Waals surface area (Å²) >= 11 is 1.88. The Bertz CT molecular complexity index is 393. The molecule has 1 atom stereocenters. The van der Waals surface area contributed by atoms with Crippen LogP contribution in [0.1, 0.15) is 48.9 Å². The van der Waals surface area contributed by atoms with E-state index in [4.69, 9.17) is 9.47 Å². The van der Waals surface area contributed by atoms with Crippen LogP contribution in [-0.2, 0) is 9.47 Å². The maximum atomic E-state index is 6.26. The van der Waals surface area contributed by atoms with Crippen molar-refractivity contribution in [3.63, 3.8) is 0 Å². The van der Waals surface area contributed by atoms with Gasteiger partial charge in [-0.3, -0.25) is 0 Å². The zero-order valence-electron chi connectivity index (χ0n) is 12.9. The highest BCUT2D eigenvalue weighted by molar-refractivity contribution is 7.12. The third-order valence-corrected chi connectivity index (χ3v) is 5.01. The molecule has 1 aliphatic heterocycles. The van der Waals surface area contributed by atoms with Crippen molar-refractivity contribution in [1.29, 1.82) is 0 Å². The van der Waals surface area contributed by atoms with E-state index in [2.05, 4.69) is 38.2 Å². The SMILES string of the molecule is CCCNC(c1ccc(C)s1)C1(OCC)CCOCC1. The topological polar surface area (TPSA) is 30.5 Å². The van der Waals surface area contributed by atoms with Crippen molar-refractivity contribution in [3.05, 3.63) is 21.9 Å². The fraction of sp³-hybridized carbons (Fsp3) is 0.750. The van der Waals surface area contributed by atoms with Crippen LogP contribution in [0.15, 0.2) is 12.1 Å². The Morgan fingerprint density at radius 3 is 2.65 bits per heavy atom. The molecule has 2 heterocycles. The van der Waals surface area contributed by atoms with Gasteiger partial charge in [0, 0.05) is 42.4 Å². The first-order chi connectivity index (χ1) is 9.72. The van der Waals surface area contributed by atoms with Crippen LogP contribution in [0.4, 0.5) is 0 Å². The van der Waals surface area contributed by atoms with Crippen molar-refractivity contribution in [2.24, 2.45) is 0 Å². The zero-order valence-corrected chi connectivity index (χ0v) is 13.7. The van der Waals surface area contributed by atoms with E-state index in [1.165, 1.54) is 9.75 Å². The van der Waals surface area contributed by atoms with Crippen LogP contribution in [0.2, 0.25) is 0 Å². The van der Waals surface area contributed by atoms with Crippen molar-refractivity contribution in [2.75, 3.05) is 26.4 Å². The first-order valence-corrected chi connectivity index (χ1v) is 8.55. The molecule has 2 rings (SSSR count). The maximum Gasteiger partial charge on any atom is 0.0927 e. The Morgan fingerprint density at radius 1 is 1.35 bits per heavy atom. The van der Waals surface area contributed by atoms with E-state index in [1.54, 1.807) is 0 Å². The molecule has 1 fully saturated rings. The molecule has 0 amide bonds. The molecule has 1 unspecified atom stereocenters. The summed E-state index contributed by atoms with van der Waals surface area (Å²) in [6, 6.07) is 4.74. The van der Waals surface area contributed by atoms with Crippen molar-refractivity contribution < 1.29 is 9.47 Å². The molecule has 20 heavy (non-hydrogen) atoms. The summed E-state index contributed by atoms with van der Waals surface area (Å²) in [5, 5.41) is 3.72. The number of thiophene rings is 1. The van der Waals surface area contributed by atoms with Gasteiger partial charge in [0.2, 0.25) is 0 Å². The fourth-order valence-electron chi connectivity index (χ4n) is 2.96. The summed E-state index contributed by atoms with van der Waals surface area (Å²) in [6.07, 6.45) is 3.08. The summed E-state index contributed by atoms with van der Waals surface area (Å²) in [7, 11) is 0. The first-order valence-electron chi connectivity index (χ1n) is 7.73. The molecular formula is C16H27NO2S. The van der Waals surface area contributed by atoms with Crippen molar-refractivity contribution >= 4 is 11.3 Å². The summed E-state index contributed by atoms with van der Waals surface area (Å²) < 4.78 is 11.8. The van der Waals surface area contributed by atoms with Crippen molar-refractivity contribution in [2.45, 2.75) is 51.7 Å². The number of aryl methyl sites for hydroxylation is 1. The predicted octanol–water partition coefficient (Wildman–Crippen LogP) is 3.68. The third-order valence-electron chi connectivity index (χ3n) is 3.94. The molecular weight excluding hydrogens is 270 g/mol. The van der Waals surface area contributed by atoms with Gasteiger partial charge in [-0.15, -0.1) is 11.3 Å². The lowest BCUT2D eigenvalue weighted by Gasteiger charge is -2.43. The van der Waals surface area contributed by atoms with E-state index in [9.17, 15) is 0 Å². The highest BCUT2D eigenvalue weighted by Crippen LogP contribution is 2.40. The summed E-state index contributed by atoms with van der Waals surface area (Å²) in [6.45, 7) is 9.85. The Kier molecular flexibility index (Phi) is 6.02. The molecule has 1 aliphatic rings. The monoisotopic (exact) mass is 297 g/mol. The van der Waals surface area contributed by atoms with Gasteiger partial charge in [-0.1, -0.05) is 6.92 Å². The largest absolute Gasteiger partial charge is 0.381 e. The first kappa shape index (κ1) is 16.0. The lowest BCUT2D eigenvalue weighted by molar-refractivity contribution is -0.127. The standard InChI is InChI=1S/C16H27NO2S/c1-4-10-17-15(14-7-6-13(3)20-14)16(19-5-2)8-11-18-12-9-16/h6-7,15,17H,4-5,8-12H2,1-3H3. The Balaban J connectivity index is 2.26. The average molecular weight is 297 g/mol. The van der Waals surface area contributed by atoms with Gasteiger partial charge in [-0.2, -0.15) is 0 Å². The van der Waals surface area contributed by atoms with Gasteiger partial charge in [0.05, 0.1) is 11.6 Å². The van der Waals surface area contributed by atoms with E-state index in [0.29, 0.717) is 0 Å². The van der Waals surface area contributed by atoms with Crippen LogP contribution in [0, 0.1) is 6.92 Å². The van der Waals surface area contributed by atoms with Gasteiger partial charge < -0.3 is 14.8 Å². The van der Waals surface area contributed by atoms with Crippen LogP contribution in [0.3, 0.4) is 0 Å². The lowest BCUT2D eigenvalue weighted by atomic mass is 9.84. The molecule has 0 radical (unpaired) electrons. The van der Waals surface area contributed by atoms with E-state index in [-0.39, 0.29) is 11.6 Å². The van der Waals surface area contributed by atoms with E-state index in [1.807, 2.05) is 11.3 Å². The number of ether oxygens (including phenoxy) is 2. The minimum atomic E-state index is -0.112. The summed E-state index contributed by atoms with van der Waals surface area (Å²) in [4.78, 5) is 2.76. The van der Waals surface area contributed by atoms with Crippen LogP contribution in [0.25, 0.3) is 0 Å². The Morgan fingerprint density at radius 2 is 2.10 bits per heavy atom. The number of nitrogens with one attached hydrogen (secondary N) is 1. The fourth-order valence-corrected chi connectivity index (χ4v) is 4.02. The van der Waals surface area contributed by atoms with Gasteiger partial charge in [-0.25, -0.2) is 0 Å². The Labute approximate surface area is 126 Å². The van der Waals surface area contributed by atoms with E-state index < -0.39 is 0 Å². The third kappa shape index (κ3) is 3.61. The molecule has 0 bridgehead atoms. The second-order valence-corrected chi connectivity index (χ2v) is 6.77. The molecule has 1 aromatic rings. The van der Waals surface area contributed by atoms with E-state index >= 15 is 0 Å². The van der Waals surface area contributed by atoms with Crippen LogP contribution in [0.5, 0.6) is 0 Å². The number of rotatable bonds is 7. The van der Waals surface area contributed by atoms with Crippen LogP contribution < -0.4 is 5.32 Å². The molecule has 114 valence electrons. The lowest BCUT2D eigenvalue weighted by Crippen LogP contribution is -2.49. The minimum absolute atomic E-state index is 0.112. The average Bonchev–Trinajstić information content (AvgIpc) is 2.87. The Hall–Kier alpha value is -0.420. The van der Waals surface area contributed by atoms with Gasteiger partial charge in [0.25, 0.3) is 0 Å². The number of hydrogen-bond donors (Lipinski definition) is 1. The van der Waals surface area contributed by atoms with Gasteiger partial charge >= 0.3 is 0 Å².